The fourth-order valence-corrected chi connectivity index (χ4v) is 3.09. The summed E-state index contributed by atoms with van der Waals surface area (Å²) >= 11 is 0. The van der Waals surface area contributed by atoms with Crippen LogP contribution in [-0.4, -0.2) is 46.9 Å². The first-order chi connectivity index (χ1) is 13.3. The van der Waals surface area contributed by atoms with Crippen molar-refractivity contribution in [1.82, 2.24) is 0 Å². The number of benzene rings is 2. The third-order valence-corrected chi connectivity index (χ3v) is 4.78. The molecule has 0 aliphatic carbocycles. The molecule has 0 aliphatic rings. The summed E-state index contributed by atoms with van der Waals surface area (Å²) < 4.78 is 54.2. The van der Waals surface area contributed by atoms with E-state index in [1.807, 2.05) is 0 Å². The van der Waals surface area contributed by atoms with Crippen molar-refractivity contribution in [2.45, 2.75) is 0 Å². The molecule has 2 aromatic rings. The van der Waals surface area contributed by atoms with Gasteiger partial charge in [-0.1, -0.05) is 0 Å². The number of methoxy groups -OCH3 is 2. The number of halogens is 1. The molecular formula is C18H18FNO7S. The summed E-state index contributed by atoms with van der Waals surface area (Å²) in [6.07, 6.45) is 0. The predicted molar refractivity (Wildman–Crippen MR) is 98.4 cm³/mol. The molecule has 2 aromatic carbocycles. The van der Waals surface area contributed by atoms with E-state index in [2.05, 4.69) is 14.2 Å². The third kappa shape index (κ3) is 5.68. The number of hydrogen-bond donors (Lipinski definition) is 1. The highest BCUT2D eigenvalue weighted by Gasteiger charge is 2.20. The molecule has 0 fully saturated rings. The first-order valence-electron chi connectivity index (χ1n) is 7.95. The van der Waals surface area contributed by atoms with Crippen LogP contribution in [0.5, 0.6) is 5.75 Å². The second-order valence-corrected chi connectivity index (χ2v) is 7.31. The summed E-state index contributed by atoms with van der Waals surface area (Å²) in [6.45, 7) is -0.217. The molecule has 150 valence electrons. The summed E-state index contributed by atoms with van der Waals surface area (Å²) in [5, 5.41) is 0. The molecule has 0 unspecified atom stereocenters. The summed E-state index contributed by atoms with van der Waals surface area (Å²) in [5.41, 5.74) is -0.148. The Morgan fingerprint density at radius 1 is 1.00 bits per heavy atom. The van der Waals surface area contributed by atoms with Gasteiger partial charge in [0.15, 0.2) is 0 Å². The van der Waals surface area contributed by atoms with Gasteiger partial charge < -0.3 is 14.2 Å². The first-order valence-corrected chi connectivity index (χ1v) is 9.60. The largest absolute Gasteiger partial charge is 0.492 e. The number of carbonyl (C=O) groups excluding carboxylic acids is 2. The molecule has 0 atom stereocenters. The van der Waals surface area contributed by atoms with Crippen molar-refractivity contribution in [3.63, 3.8) is 0 Å². The lowest BCUT2D eigenvalue weighted by Crippen LogP contribution is -2.23. The maximum Gasteiger partial charge on any atom is 0.339 e. The highest BCUT2D eigenvalue weighted by atomic mass is 32.2. The standard InChI is InChI=1S/C18H18FNO7S/c1-25-17(21)12-3-8-15(18(22)26-2)16(11-12)20-28(23,24)10-9-27-14-6-4-13(19)5-7-14/h3-8,11,20H,9-10H2,1-2H3. The number of esters is 2. The Bertz CT molecular complexity index is 958. The zero-order chi connectivity index (χ0) is 20.7. The summed E-state index contributed by atoms with van der Waals surface area (Å²) in [7, 11) is -1.62. The van der Waals surface area contributed by atoms with Gasteiger partial charge in [0.2, 0.25) is 10.0 Å². The van der Waals surface area contributed by atoms with Crippen molar-refractivity contribution in [3.05, 3.63) is 59.4 Å². The smallest absolute Gasteiger partial charge is 0.339 e. The Morgan fingerprint density at radius 3 is 2.25 bits per heavy atom. The van der Waals surface area contributed by atoms with Crippen LogP contribution in [0.3, 0.4) is 0 Å². The van der Waals surface area contributed by atoms with Gasteiger partial charge in [-0.05, 0) is 42.5 Å². The van der Waals surface area contributed by atoms with Gasteiger partial charge in [0.1, 0.15) is 23.9 Å². The molecule has 0 spiro atoms. The van der Waals surface area contributed by atoms with E-state index >= 15 is 0 Å². The van der Waals surface area contributed by atoms with E-state index in [4.69, 9.17) is 4.74 Å². The van der Waals surface area contributed by atoms with Gasteiger partial charge in [0.05, 0.1) is 31.0 Å². The highest BCUT2D eigenvalue weighted by molar-refractivity contribution is 7.92. The van der Waals surface area contributed by atoms with Crippen LogP contribution in [0.4, 0.5) is 10.1 Å². The monoisotopic (exact) mass is 411 g/mol. The number of ether oxygens (including phenoxy) is 3. The zero-order valence-corrected chi connectivity index (χ0v) is 15.9. The van der Waals surface area contributed by atoms with E-state index in [1.54, 1.807) is 0 Å². The molecule has 10 heteroatoms. The molecule has 2 rings (SSSR count). The molecule has 0 saturated heterocycles. The minimum absolute atomic E-state index is 0.0513. The number of nitrogens with one attached hydrogen (secondary N) is 1. The molecule has 1 N–H and O–H groups in total. The summed E-state index contributed by atoms with van der Waals surface area (Å²) in [4.78, 5) is 23.5. The fourth-order valence-electron chi connectivity index (χ4n) is 2.18. The van der Waals surface area contributed by atoms with Crippen LogP contribution in [0.1, 0.15) is 20.7 Å². The van der Waals surface area contributed by atoms with E-state index in [0.717, 1.165) is 7.11 Å². The number of hydrogen-bond acceptors (Lipinski definition) is 7. The van der Waals surface area contributed by atoms with E-state index in [1.165, 1.54) is 49.6 Å². The van der Waals surface area contributed by atoms with Crippen LogP contribution in [0, 0.1) is 5.82 Å². The molecule has 0 saturated carbocycles. The Balaban J connectivity index is 2.15. The second-order valence-electron chi connectivity index (χ2n) is 5.47. The van der Waals surface area contributed by atoms with Crippen LogP contribution in [0.25, 0.3) is 0 Å². The molecule has 0 bridgehead atoms. The number of sulfonamides is 1. The predicted octanol–water partition coefficient (Wildman–Crippen LogP) is 2.22. The lowest BCUT2D eigenvalue weighted by Gasteiger charge is -2.13. The lowest BCUT2D eigenvalue weighted by atomic mass is 10.1. The zero-order valence-electron chi connectivity index (χ0n) is 15.1. The average molecular weight is 411 g/mol. The normalized spacial score (nSPS) is 10.8. The van der Waals surface area contributed by atoms with Crippen LogP contribution in [-0.2, 0) is 19.5 Å². The fraction of sp³-hybridized carbons (Fsp3) is 0.222. The quantitative estimate of drug-likeness (QED) is 0.664. The first kappa shape index (κ1) is 21.2. The Hall–Kier alpha value is -3.14. The van der Waals surface area contributed by atoms with E-state index < -0.39 is 33.5 Å². The van der Waals surface area contributed by atoms with Gasteiger partial charge in [0, 0.05) is 0 Å². The maximum atomic E-state index is 12.9. The van der Waals surface area contributed by atoms with Crippen molar-refractivity contribution >= 4 is 27.6 Å². The molecule has 8 nitrogen and oxygen atoms in total. The number of anilines is 1. The van der Waals surface area contributed by atoms with E-state index in [-0.39, 0.29) is 23.4 Å². The Labute approximate surface area is 161 Å². The van der Waals surface area contributed by atoms with Crippen molar-refractivity contribution in [3.8, 4) is 5.75 Å². The molecular weight excluding hydrogens is 393 g/mol. The SMILES string of the molecule is COC(=O)c1ccc(C(=O)OC)c(NS(=O)(=O)CCOc2ccc(F)cc2)c1. The summed E-state index contributed by atoms with van der Waals surface area (Å²) in [5.74, 6) is -2.07. The Kier molecular flexibility index (Phi) is 6.94. The van der Waals surface area contributed by atoms with Crippen molar-refractivity contribution in [2.75, 3.05) is 31.3 Å². The molecule has 0 heterocycles. The van der Waals surface area contributed by atoms with Crippen LogP contribution >= 0.6 is 0 Å². The van der Waals surface area contributed by atoms with Gasteiger partial charge in [-0.2, -0.15) is 0 Å². The second kappa shape index (κ2) is 9.18. The third-order valence-electron chi connectivity index (χ3n) is 3.55. The van der Waals surface area contributed by atoms with Crippen LogP contribution < -0.4 is 9.46 Å². The lowest BCUT2D eigenvalue weighted by molar-refractivity contribution is 0.0587. The van der Waals surface area contributed by atoms with Gasteiger partial charge >= 0.3 is 11.9 Å². The van der Waals surface area contributed by atoms with Gasteiger partial charge in [0.25, 0.3) is 0 Å². The van der Waals surface area contributed by atoms with Gasteiger partial charge in [-0.3, -0.25) is 4.72 Å². The molecule has 0 aliphatic heterocycles. The minimum Gasteiger partial charge on any atom is -0.492 e. The van der Waals surface area contributed by atoms with Crippen molar-refractivity contribution in [2.24, 2.45) is 0 Å². The average Bonchev–Trinajstić information content (AvgIpc) is 2.67. The molecule has 0 radical (unpaired) electrons. The van der Waals surface area contributed by atoms with Gasteiger partial charge in [-0.25, -0.2) is 22.4 Å². The molecule has 0 amide bonds. The van der Waals surface area contributed by atoms with E-state index in [0.29, 0.717) is 5.75 Å². The van der Waals surface area contributed by atoms with Crippen molar-refractivity contribution in [1.29, 1.82) is 0 Å². The van der Waals surface area contributed by atoms with E-state index in [9.17, 15) is 22.4 Å². The number of rotatable bonds is 8. The van der Waals surface area contributed by atoms with Crippen LogP contribution in [0.2, 0.25) is 0 Å². The highest BCUT2D eigenvalue weighted by Crippen LogP contribution is 2.21. The minimum atomic E-state index is -3.94. The Morgan fingerprint density at radius 2 is 1.64 bits per heavy atom. The maximum absolute atomic E-state index is 12.9. The topological polar surface area (TPSA) is 108 Å². The van der Waals surface area contributed by atoms with Crippen molar-refractivity contribution < 1.29 is 36.6 Å². The molecule has 28 heavy (non-hydrogen) atoms. The number of carbonyl (C=O) groups is 2. The summed E-state index contributed by atoms with van der Waals surface area (Å²) in [6, 6.07) is 8.84. The molecule has 0 aromatic heterocycles. The van der Waals surface area contributed by atoms with Crippen LogP contribution in [0.15, 0.2) is 42.5 Å². The van der Waals surface area contributed by atoms with Gasteiger partial charge in [-0.15, -0.1) is 0 Å².